The van der Waals surface area contributed by atoms with Crippen molar-refractivity contribution in [2.45, 2.75) is 44.9 Å². The van der Waals surface area contributed by atoms with Gasteiger partial charge in [0.15, 0.2) is 0 Å². The molecule has 0 unspecified atom stereocenters. The van der Waals surface area contributed by atoms with E-state index in [0.29, 0.717) is 36.8 Å². The molecule has 1 aliphatic carbocycles. The van der Waals surface area contributed by atoms with Crippen molar-refractivity contribution < 1.29 is 19.1 Å². The average molecular weight is 671 g/mol. The van der Waals surface area contributed by atoms with Crippen LogP contribution in [0.25, 0.3) is 54.9 Å². The molecule has 0 saturated heterocycles. The quantitative estimate of drug-likeness (QED) is 0.0739. The summed E-state index contributed by atoms with van der Waals surface area (Å²) in [5.41, 5.74) is 9.93. The predicted octanol–water partition coefficient (Wildman–Crippen LogP) is 11.4. The van der Waals surface area contributed by atoms with E-state index in [1.165, 1.54) is 66.1 Å². The molecule has 0 aromatic heterocycles. The normalized spacial score (nSPS) is 12.7. The van der Waals surface area contributed by atoms with Gasteiger partial charge in [0, 0.05) is 16.6 Å². The van der Waals surface area contributed by atoms with Crippen LogP contribution in [-0.4, -0.2) is 25.2 Å². The van der Waals surface area contributed by atoms with Crippen molar-refractivity contribution >= 4 is 33.5 Å². The number of esters is 2. The molecule has 6 aromatic rings. The molecule has 254 valence electrons. The summed E-state index contributed by atoms with van der Waals surface area (Å²) in [6.07, 6.45) is 2.71. The van der Waals surface area contributed by atoms with Gasteiger partial charge in [0.1, 0.15) is 0 Å². The van der Waals surface area contributed by atoms with Crippen molar-refractivity contribution in [3.05, 3.63) is 157 Å². The van der Waals surface area contributed by atoms with Crippen molar-refractivity contribution in [1.29, 1.82) is 0 Å². The van der Waals surface area contributed by atoms with Gasteiger partial charge in [-0.25, -0.2) is 9.59 Å². The molecule has 0 N–H and O–H groups in total. The van der Waals surface area contributed by atoms with Crippen LogP contribution in [0.15, 0.2) is 146 Å². The van der Waals surface area contributed by atoms with Gasteiger partial charge in [-0.1, -0.05) is 134 Å². The Hall–Kier alpha value is -5.74. The van der Waals surface area contributed by atoms with Crippen LogP contribution in [0.1, 0.15) is 50.7 Å². The number of hydrogen-bond acceptors (Lipinski definition) is 4. The maximum Gasteiger partial charge on any atom is 0.333 e. The van der Waals surface area contributed by atoms with Gasteiger partial charge in [-0.15, -0.1) is 0 Å². The van der Waals surface area contributed by atoms with Crippen LogP contribution >= 0.6 is 0 Å². The Balaban J connectivity index is 1.47. The molecule has 0 heterocycles. The molecular formula is C47H42O4. The third kappa shape index (κ3) is 6.27. The van der Waals surface area contributed by atoms with Gasteiger partial charge >= 0.3 is 11.9 Å². The molecule has 51 heavy (non-hydrogen) atoms. The summed E-state index contributed by atoms with van der Waals surface area (Å²) < 4.78 is 11.4. The largest absolute Gasteiger partial charge is 0.462 e. The number of ether oxygens (including phenoxy) is 2. The summed E-state index contributed by atoms with van der Waals surface area (Å²) >= 11 is 0. The Labute approximate surface area is 300 Å². The molecule has 0 radical (unpaired) electrons. The molecule has 0 saturated carbocycles. The molecule has 7 rings (SSSR count). The zero-order valence-corrected chi connectivity index (χ0v) is 29.3. The molecule has 0 bridgehead atoms. The van der Waals surface area contributed by atoms with Crippen LogP contribution in [0.2, 0.25) is 0 Å². The first-order chi connectivity index (χ1) is 24.8. The maximum absolute atomic E-state index is 12.5. The predicted molar refractivity (Wildman–Crippen MR) is 209 cm³/mol. The van der Waals surface area contributed by atoms with Crippen molar-refractivity contribution in [3.63, 3.8) is 0 Å². The molecule has 6 aromatic carbocycles. The van der Waals surface area contributed by atoms with Crippen LogP contribution in [-0.2, 0) is 24.5 Å². The van der Waals surface area contributed by atoms with Crippen molar-refractivity contribution in [1.82, 2.24) is 0 Å². The van der Waals surface area contributed by atoms with Gasteiger partial charge in [0.2, 0.25) is 0 Å². The Kier molecular flexibility index (Phi) is 9.42. The Morgan fingerprint density at radius 3 is 1.24 bits per heavy atom. The topological polar surface area (TPSA) is 52.6 Å². The summed E-state index contributed by atoms with van der Waals surface area (Å²) in [5.74, 6) is -0.758. The fourth-order valence-electron chi connectivity index (χ4n) is 8.03. The van der Waals surface area contributed by atoms with E-state index in [9.17, 15) is 9.59 Å². The molecule has 4 nitrogen and oxygen atoms in total. The standard InChI is InChI=1S/C47H42O4/c1-31(2)45(48)50-29-13-27-47(28-14-30-51-46(49)32(3)4)43-39(37-21-9-17-33-15-5-7-19-35(33)37)23-11-25-41(43)42-26-12-24-40(44(42)47)38-22-10-18-34-16-6-8-20-36(34)38/h5-12,15-26H,1,3,13-14,27-30H2,2,4H3. The van der Waals surface area contributed by atoms with Crippen LogP contribution in [0.4, 0.5) is 0 Å². The molecule has 0 atom stereocenters. The van der Waals surface area contributed by atoms with E-state index < -0.39 is 5.41 Å². The smallest absolute Gasteiger partial charge is 0.333 e. The van der Waals surface area contributed by atoms with Gasteiger partial charge in [-0.2, -0.15) is 0 Å². The molecule has 0 aliphatic heterocycles. The average Bonchev–Trinajstić information content (AvgIpc) is 3.44. The highest BCUT2D eigenvalue weighted by Gasteiger charge is 2.46. The second-order valence-corrected chi connectivity index (χ2v) is 13.6. The highest BCUT2D eigenvalue weighted by Crippen LogP contribution is 2.59. The van der Waals surface area contributed by atoms with Crippen LogP contribution in [0, 0.1) is 0 Å². The minimum Gasteiger partial charge on any atom is -0.462 e. The van der Waals surface area contributed by atoms with E-state index >= 15 is 0 Å². The molecule has 4 heteroatoms. The summed E-state index contributed by atoms with van der Waals surface area (Å²) in [6.45, 7) is 11.5. The highest BCUT2D eigenvalue weighted by molar-refractivity contribution is 6.03. The lowest BCUT2D eigenvalue weighted by Gasteiger charge is -2.36. The van der Waals surface area contributed by atoms with E-state index in [1.54, 1.807) is 13.8 Å². The summed E-state index contributed by atoms with van der Waals surface area (Å²) in [7, 11) is 0. The number of carbonyl (C=O) groups is 2. The fraction of sp³-hybridized carbons (Fsp3) is 0.191. The summed E-state index contributed by atoms with van der Waals surface area (Å²) in [6, 6.07) is 43.5. The first-order valence-corrected chi connectivity index (χ1v) is 17.7. The fourth-order valence-corrected chi connectivity index (χ4v) is 8.03. The number of fused-ring (bicyclic) bond motifs is 5. The highest BCUT2D eigenvalue weighted by atomic mass is 16.5. The number of carbonyl (C=O) groups excluding carboxylic acids is 2. The Morgan fingerprint density at radius 2 is 0.824 bits per heavy atom. The molecule has 0 amide bonds. The van der Waals surface area contributed by atoms with E-state index in [-0.39, 0.29) is 25.2 Å². The van der Waals surface area contributed by atoms with Gasteiger partial charge in [0.25, 0.3) is 0 Å². The third-order valence-corrected chi connectivity index (χ3v) is 10.2. The summed E-state index contributed by atoms with van der Waals surface area (Å²) in [4.78, 5) is 25.0. The van der Waals surface area contributed by atoms with E-state index in [4.69, 9.17) is 9.47 Å². The second-order valence-electron chi connectivity index (χ2n) is 13.6. The van der Waals surface area contributed by atoms with Crippen LogP contribution in [0.5, 0.6) is 0 Å². The van der Waals surface area contributed by atoms with Crippen molar-refractivity contribution in [3.8, 4) is 33.4 Å². The second kappa shape index (κ2) is 14.2. The molecular weight excluding hydrogens is 629 g/mol. The lowest BCUT2D eigenvalue weighted by atomic mass is 9.67. The first kappa shape index (κ1) is 33.7. The lowest BCUT2D eigenvalue weighted by Crippen LogP contribution is -2.28. The van der Waals surface area contributed by atoms with Crippen LogP contribution < -0.4 is 0 Å². The number of hydrogen-bond donors (Lipinski definition) is 0. The van der Waals surface area contributed by atoms with Crippen LogP contribution in [0.3, 0.4) is 0 Å². The number of rotatable bonds is 12. The van der Waals surface area contributed by atoms with E-state index in [0.717, 1.165) is 0 Å². The zero-order valence-electron chi connectivity index (χ0n) is 29.3. The summed E-state index contributed by atoms with van der Waals surface area (Å²) in [5, 5.41) is 4.75. The van der Waals surface area contributed by atoms with Crippen molar-refractivity contribution in [2.75, 3.05) is 13.2 Å². The van der Waals surface area contributed by atoms with Gasteiger partial charge in [0.05, 0.1) is 13.2 Å². The minimum atomic E-state index is -0.503. The van der Waals surface area contributed by atoms with Gasteiger partial charge in [-0.3, -0.25) is 0 Å². The SMILES string of the molecule is C=C(C)C(=O)OCCCC1(CCCOC(=O)C(=C)C)c2c(cccc2-c2cccc3ccccc23)-c2cccc(-c3cccc4ccccc34)c21. The Bertz CT molecular complexity index is 2150. The maximum atomic E-state index is 12.5. The van der Waals surface area contributed by atoms with Gasteiger partial charge in [-0.05, 0) is 106 Å². The van der Waals surface area contributed by atoms with Gasteiger partial charge < -0.3 is 9.47 Å². The van der Waals surface area contributed by atoms with E-state index in [1.807, 2.05) is 0 Å². The molecule has 0 spiro atoms. The molecule has 1 aliphatic rings. The number of benzene rings is 6. The van der Waals surface area contributed by atoms with Crippen molar-refractivity contribution in [2.24, 2.45) is 0 Å². The zero-order chi connectivity index (χ0) is 35.5. The monoisotopic (exact) mass is 670 g/mol. The first-order valence-electron chi connectivity index (χ1n) is 17.7. The minimum absolute atomic E-state index is 0.273. The third-order valence-electron chi connectivity index (χ3n) is 10.2. The lowest BCUT2D eigenvalue weighted by molar-refractivity contribution is -0.139. The van der Waals surface area contributed by atoms with E-state index in [2.05, 4.69) is 134 Å². The molecule has 0 fully saturated rings. The Morgan fingerprint density at radius 1 is 0.490 bits per heavy atom.